The van der Waals surface area contributed by atoms with Gasteiger partial charge in [0.05, 0.1) is 29.3 Å². The zero-order valence-electron chi connectivity index (χ0n) is 37.2. The van der Waals surface area contributed by atoms with Crippen molar-refractivity contribution in [2.75, 3.05) is 13.1 Å². The summed E-state index contributed by atoms with van der Waals surface area (Å²) in [6.07, 6.45) is -6.82. The van der Waals surface area contributed by atoms with Crippen LogP contribution >= 0.6 is 0 Å². The highest BCUT2D eigenvalue weighted by atomic mass is 19.4. The van der Waals surface area contributed by atoms with Crippen LogP contribution in [0.4, 0.5) is 35.9 Å². The second-order valence-corrected chi connectivity index (χ2v) is 17.1. The fraction of sp³-hybridized carbons (Fsp3) is 0.488. The van der Waals surface area contributed by atoms with Crippen LogP contribution in [0.3, 0.4) is 0 Å². The third kappa shape index (κ3) is 15.6. The Labute approximate surface area is 380 Å². The summed E-state index contributed by atoms with van der Waals surface area (Å²) in [7, 11) is 0. The second-order valence-electron chi connectivity index (χ2n) is 17.1. The average molecular weight is 952 g/mol. The summed E-state index contributed by atoms with van der Waals surface area (Å²) in [6.45, 7) is 10.9. The van der Waals surface area contributed by atoms with Gasteiger partial charge in [0.1, 0.15) is 41.3 Å². The van der Waals surface area contributed by atoms with Crippen LogP contribution in [-0.2, 0) is 44.4 Å². The number of nitrogens with two attached hydrogens (primary N) is 1. The van der Waals surface area contributed by atoms with E-state index in [2.05, 4.69) is 29.9 Å². The number of aliphatic hydroxyl groups excluding tert-OH is 2. The molecule has 0 unspecified atom stereocenters. The molecule has 364 valence electrons. The number of alkyl halides is 6. The van der Waals surface area contributed by atoms with Gasteiger partial charge in [-0.3, -0.25) is 24.6 Å². The average Bonchev–Trinajstić information content (AvgIpc) is 3.84. The number of aryl methyl sites for hydroxylation is 1. The second kappa shape index (κ2) is 21.9. The van der Waals surface area contributed by atoms with Crippen molar-refractivity contribution in [3.05, 3.63) is 84.2 Å². The number of carbonyl (C=O) groups is 4. The first kappa shape index (κ1) is 53.2. The Morgan fingerprint density at radius 3 is 1.46 bits per heavy atom. The van der Waals surface area contributed by atoms with Gasteiger partial charge >= 0.3 is 30.5 Å². The van der Waals surface area contributed by atoms with Crippen molar-refractivity contribution in [2.45, 2.75) is 122 Å². The molecule has 0 spiro atoms. The van der Waals surface area contributed by atoms with Gasteiger partial charge in [-0.05, 0) is 97.2 Å². The molecule has 2 amide bonds. The molecular weight excluding hydrogens is 901 g/mol. The molecule has 2 fully saturated rings. The molecule has 2 aliphatic rings. The summed E-state index contributed by atoms with van der Waals surface area (Å²) < 4.78 is 85.5. The molecule has 0 aliphatic carbocycles. The Morgan fingerprint density at radius 2 is 1.07 bits per heavy atom. The fourth-order valence-corrected chi connectivity index (χ4v) is 6.47. The van der Waals surface area contributed by atoms with Gasteiger partial charge in [-0.2, -0.15) is 26.3 Å². The minimum absolute atomic E-state index is 0.00272. The number of rotatable bonds is 8. The van der Waals surface area contributed by atoms with Gasteiger partial charge in [0.2, 0.25) is 0 Å². The molecule has 5 N–H and O–H groups in total. The van der Waals surface area contributed by atoms with E-state index in [0.717, 1.165) is 29.4 Å². The summed E-state index contributed by atoms with van der Waals surface area (Å²) in [5, 5.41) is 28.6. The van der Waals surface area contributed by atoms with Crippen LogP contribution in [0.15, 0.2) is 61.4 Å². The van der Waals surface area contributed by atoms with Crippen molar-refractivity contribution in [1.29, 1.82) is 0 Å². The van der Waals surface area contributed by atoms with Crippen molar-refractivity contribution >= 4 is 23.9 Å². The van der Waals surface area contributed by atoms with E-state index in [9.17, 15) is 55.7 Å². The lowest BCUT2D eigenvalue weighted by atomic mass is 10.0. The van der Waals surface area contributed by atoms with E-state index < -0.39 is 77.4 Å². The zero-order chi connectivity index (χ0) is 50.1. The monoisotopic (exact) mass is 951 g/mol. The van der Waals surface area contributed by atoms with Crippen LogP contribution in [0.5, 0.6) is 0 Å². The number of aliphatic hydroxyl groups is 2. The number of ketones is 1. The Kier molecular flexibility index (Phi) is 17.4. The van der Waals surface area contributed by atoms with Crippen LogP contribution in [0, 0.1) is 0 Å². The number of carbonyl (C=O) groups excluding carboxylic acids is 3. The normalized spacial score (nSPS) is 18.6. The summed E-state index contributed by atoms with van der Waals surface area (Å²) in [4.78, 5) is 72.9. The zero-order valence-corrected chi connectivity index (χ0v) is 37.2. The van der Waals surface area contributed by atoms with Crippen molar-refractivity contribution in [3.63, 3.8) is 0 Å². The maximum absolute atomic E-state index is 12.8. The number of pyridine rings is 2. The Hall–Kier alpha value is -6.40. The van der Waals surface area contributed by atoms with Gasteiger partial charge in [-0.25, -0.2) is 34.3 Å². The van der Waals surface area contributed by atoms with E-state index in [1.54, 1.807) is 53.7 Å². The molecule has 4 atom stereocenters. The molecule has 0 bridgehead atoms. The number of likely N-dealkylation sites (tertiary alicyclic amines) is 2. The van der Waals surface area contributed by atoms with E-state index >= 15 is 0 Å². The number of aromatic nitrogens is 6. The molecule has 24 heteroatoms. The molecule has 2 aliphatic heterocycles. The number of amides is 2. The highest BCUT2D eigenvalue weighted by molar-refractivity contribution is 5.89. The van der Waals surface area contributed by atoms with Crippen LogP contribution in [0.1, 0.15) is 83.6 Å². The topological polar surface area (TPSA) is 257 Å². The maximum Gasteiger partial charge on any atom is 0.433 e. The number of ether oxygens (including phenoxy) is 2. The standard InChI is InChI=1S/C22H25F3N4O4.C11H9F3N4.C10H17NO5/c1-21(2,3)33-20(32)29-9-8-17(31)19(29)16(30)6-5-14-10-15(28-12-27-14)13-4-7-18(26-11-13)22(23,24)25;12-11(13,14)10-2-1-7(5-16-10)9-3-8(4-15)17-6-18-9;1-10(2,3)16-9(15)11-5-4-6(12)7(11)8(13)14/h4,7,10-12,17,19,31H,5-6,8-9H2,1-3H3;1-3,5-6H,4,15H2;6-7,12H,4-5H2,1-3H3,(H,13,14)/t17-,19-;;6-,7+/m1.1/s1. The summed E-state index contributed by atoms with van der Waals surface area (Å²) in [6, 6.07) is 5.35. The van der Waals surface area contributed by atoms with Gasteiger partial charge in [0.15, 0.2) is 11.8 Å². The summed E-state index contributed by atoms with van der Waals surface area (Å²) in [5.41, 5.74) is 4.90. The fourth-order valence-electron chi connectivity index (χ4n) is 6.47. The molecule has 2 saturated heterocycles. The minimum atomic E-state index is -4.53. The molecule has 0 saturated carbocycles. The molecule has 6 rings (SSSR count). The molecule has 6 heterocycles. The lowest BCUT2D eigenvalue weighted by molar-refractivity contribution is -0.145. The predicted molar refractivity (Wildman–Crippen MR) is 224 cm³/mol. The molecule has 0 aromatic carbocycles. The smallest absolute Gasteiger partial charge is 0.433 e. The maximum atomic E-state index is 12.8. The number of aliphatic carboxylic acids is 1. The van der Waals surface area contributed by atoms with Crippen LogP contribution in [-0.4, -0.2) is 128 Å². The first-order chi connectivity index (χ1) is 31.1. The van der Waals surface area contributed by atoms with Crippen molar-refractivity contribution in [3.8, 4) is 22.5 Å². The van der Waals surface area contributed by atoms with E-state index in [0.29, 0.717) is 33.9 Å². The number of carboxylic acid groups (broad SMARTS) is 1. The highest BCUT2D eigenvalue weighted by Crippen LogP contribution is 2.30. The van der Waals surface area contributed by atoms with Crippen molar-refractivity contribution < 1.29 is 70.3 Å². The summed E-state index contributed by atoms with van der Waals surface area (Å²) >= 11 is 0. The SMILES string of the molecule is CC(C)(C)OC(=O)N1CC[C@@H](O)[C@H]1C(=O)CCc1cc(-c2ccc(C(F)(F)F)nc2)ncn1.CC(C)(C)OC(=O)N1CC[C@@H](O)[C@H]1C(=O)O.NCc1cc(-c2ccc(C(F)(F)F)nc2)ncn1. The number of nitrogens with zero attached hydrogens (tertiary/aromatic N) is 8. The largest absolute Gasteiger partial charge is 0.480 e. The third-order valence-electron chi connectivity index (χ3n) is 9.55. The quantitative estimate of drug-likeness (QED) is 0.150. The molecule has 67 heavy (non-hydrogen) atoms. The van der Waals surface area contributed by atoms with Gasteiger partial charge in [-0.1, -0.05) is 0 Å². The van der Waals surface area contributed by atoms with Crippen LogP contribution in [0.2, 0.25) is 0 Å². The van der Waals surface area contributed by atoms with Crippen molar-refractivity contribution in [2.24, 2.45) is 5.73 Å². The molecule has 0 radical (unpaired) electrons. The van der Waals surface area contributed by atoms with Crippen LogP contribution in [0.25, 0.3) is 22.5 Å². The number of Topliss-reactive ketones (excluding diaryl/α,β-unsaturated/α-hetero) is 1. The van der Waals surface area contributed by atoms with Gasteiger partial charge in [0, 0.05) is 55.3 Å². The molecule has 4 aromatic rings. The van der Waals surface area contributed by atoms with E-state index in [-0.39, 0.29) is 51.1 Å². The Morgan fingerprint density at radius 1 is 0.657 bits per heavy atom. The van der Waals surface area contributed by atoms with E-state index in [4.69, 9.17) is 20.3 Å². The number of hydrogen-bond donors (Lipinski definition) is 4. The van der Waals surface area contributed by atoms with Gasteiger partial charge < -0.3 is 30.5 Å². The van der Waals surface area contributed by atoms with Gasteiger partial charge in [0.25, 0.3) is 0 Å². The lowest BCUT2D eigenvalue weighted by Gasteiger charge is -2.28. The van der Waals surface area contributed by atoms with E-state index in [1.165, 1.54) is 29.7 Å². The number of hydrogen-bond acceptors (Lipinski definition) is 15. The highest BCUT2D eigenvalue weighted by Gasteiger charge is 2.44. The third-order valence-corrected chi connectivity index (χ3v) is 9.55. The summed E-state index contributed by atoms with van der Waals surface area (Å²) in [5.74, 6) is -1.54. The van der Waals surface area contributed by atoms with E-state index in [1.807, 2.05) is 0 Å². The Bertz CT molecular complexity index is 2330. The number of carboxylic acids is 1. The first-order valence-corrected chi connectivity index (χ1v) is 20.6. The Balaban J connectivity index is 0.000000242. The first-order valence-electron chi connectivity index (χ1n) is 20.6. The molecule has 4 aromatic heterocycles. The van der Waals surface area contributed by atoms with Crippen LogP contribution < -0.4 is 5.73 Å². The molecule has 18 nitrogen and oxygen atoms in total. The lowest BCUT2D eigenvalue weighted by Crippen LogP contribution is -2.47. The van der Waals surface area contributed by atoms with Crippen molar-refractivity contribution in [1.82, 2.24) is 39.7 Å². The minimum Gasteiger partial charge on any atom is -0.480 e. The predicted octanol–water partition coefficient (Wildman–Crippen LogP) is 5.89. The molecular formula is C43H51F6N9O9. The van der Waals surface area contributed by atoms with Gasteiger partial charge in [-0.15, -0.1) is 0 Å². The number of halogens is 6.